The van der Waals surface area contributed by atoms with E-state index in [2.05, 4.69) is 4.98 Å². The molecule has 1 N–H and O–H groups in total. The van der Waals surface area contributed by atoms with Gasteiger partial charge in [-0.15, -0.1) is 0 Å². The second-order valence-electron chi connectivity index (χ2n) is 7.58. The van der Waals surface area contributed by atoms with Crippen molar-refractivity contribution < 1.29 is 5.11 Å². The first kappa shape index (κ1) is 16.7. The van der Waals surface area contributed by atoms with Crippen molar-refractivity contribution in [3.63, 3.8) is 0 Å². The molecule has 0 amide bonds. The molecule has 0 aliphatic heterocycles. The monoisotopic (exact) mass is 316 g/mol. The van der Waals surface area contributed by atoms with Crippen LogP contribution in [0.5, 0.6) is 5.88 Å². The normalized spacial score (nSPS) is 22.8. The summed E-state index contributed by atoms with van der Waals surface area (Å²) in [5.41, 5.74) is 2.35. The first-order valence-corrected chi connectivity index (χ1v) is 9.90. The fourth-order valence-electron chi connectivity index (χ4n) is 4.48. The van der Waals surface area contributed by atoms with Gasteiger partial charge >= 0.3 is 0 Å². The largest absolute Gasteiger partial charge is 0.492 e. The maximum Gasteiger partial charge on any atom is 0.230 e. The molecule has 2 saturated carbocycles. The molecule has 0 radical (unpaired) electrons. The molecular formula is C20H32N2O. The lowest BCUT2D eigenvalue weighted by Gasteiger charge is -2.26. The highest BCUT2D eigenvalue weighted by Crippen LogP contribution is 2.38. The molecule has 0 spiro atoms. The zero-order valence-electron chi connectivity index (χ0n) is 14.5. The lowest BCUT2D eigenvalue weighted by Crippen LogP contribution is -2.14. The second-order valence-corrected chi connectivity index (χ2v) is 7.58. The lowest BCUT2D eigenvalue weighted by molar-refractivity contribution is 0.405. The number of hydrogen-bond donors (Lipinski definition) is 1. The molecule has 23 heavy (non-hydrogen) atoms. The summed E-state index contributed by atoms with van der Waals surface area (Å²) < 4.78 is 0. The highest BCUT2D eigenvalue weighted by molar-refractivity contribution is 5.24. The van der Waals surface area contributed by atoms with E-state index in [1.54, 1.807) is 6.20 Å². The van der Waals surface area contributed by atoms with E-state index in [1.165, 1.54) is 95.6 Å². The Morgan fingerprint density at radius 1 is 0.652 bits per heavy atom. The molecule has 0 aromatic carbocycles. The number of aromatic hydroxyl groups is 1. The van der Waals surface area contributed by atoms with Crippen molar-refractivity contribution in [1.29, 1.82) is 0 Å². The van der Waals surface area contributed by atoms with Crippen LogP contribution in [0.4, 0.5) is 0 Å². The van der Waals surface area contributed by atoms with Gasteiger partial charge < -0.3 is 5.11 Å². The zero-order valence-corrected chi connectivity index (χ0v) is 14.5. The Morgan fingerprint density at radius 3 is 1.61 bits per heavy atom. The molecule has 2 fully saturated rings. The van der Waals surface area contributed by atoms with E-state index in [0.29, 0.717) is 11.8 Å². The van der Waals surface area contributed by atoms with Gasteiger partial charge in [0.2, 0.25) is 5.88 Å². The molecule has 0 atom stereocenters. The topological polar surface area (TPSA) is 46.0 Å². The Kier molecular flexibility index (Phi) is 6.29. The Hall–Kier alpha value is -1.12. The molecule has 1 heterocycles. The number of hydrogen-bond acceptors (Lipinski definition) is 3. The van der Waals surface area contributed by atoms with E-state index in [0.717, 1.165) is 5.69 Å². The van der Waals surface area contributed by atoms with Gasteiger partial charge in [-0.2, -0.15) is 0 Å². The summed E-state index contributed by atoms with van der Waals surface area (Å²) in [6.45, 7) is 0. The quantitative estimate of drug-likeness (QED) is 0.745. The maximum atomic E-state index is 9.92. The molecule has 3 heteroatoms. The molecule has 3 nitrogen and oxygen atoms in total. The Morgan fingerprint density at radius 2 is 1.09 bits per heavy atom. The van der Waals surface area contributed by atoms with Crippen molar-refractivity contribution in [2.24, 2.45) is 0 Å². The molecule has 2 aliphatic rings. The summed E-state index contributed by atoms with van der Waals surface area (Å²) in [7, 11) is 0. The van der Waals surface area contributed by atoms with Crippen molar-refractivity contribution >= 4 is 0 Å². The van der Waals surface area contributed by atoms with Crippen molar-refractivity contribution in [3.05, 3.63) is 17.6 Å². The Bertz CT molecular complexity index is 473. The van der Waals surface area contributed by atoms with Crippen molar-refractivity contribution in [2.75, 3.05) is 0 Å². The SMILES string of the molecule is Oc1cnc(C2CCCCCCC2)c(C2CCCCCCC2)n1. The fourth-order valence-corrected chi connectivity index (χ4v) is 4.48. The summed E-state index contributed by atoms with van der Waals surface area (Å²) >= 11 is 0. The van der Waals surface area contributed by atoms with Gasteiger partial charge in [0.25, 0.3) is 0 Å². The predicted molar refractivity (Wildman–Crippen MR) is 93.8 cm³/mol. The molecule has 3 rings (SSSR count). The second kappa shape index (κ2) is 8.65. The number of rotatable bonds is 2. The van der Waals surface area contributed by atoms with Crippen LogP contribution >= 0.6 is 0 Å². The molecule has 128 valence electrons. The van der Waals surface area contributed by atoms with Crippen molar-refractivity contribution in [1.82, 2.24) is 9.97 Å². The van der Waals surface area contributed by atoms with E-state index in [-0.39, 0.29) is 5.88 Å². The van der Waals surface area contributed by atoms with Gasteiger partial charge in [0.15, 0.2) is 0 Å². The van der Waals surface area contributed by atoms with Gasteiger partial charge in [-0.25, -0.2) is 4.98 Å². The van der Waals surface area contributed by atoms with E-state index in [9.17, 15) is 5.11 Å². The van der Waals surface area contributed by atoms with Crippen LogP contribution in [0.3, 0.4) is 0 Å². The molecule has 0 unspecified atom stereocenters. The number of nitrogens with zero attached hydrogens (tertiary/aromatic N) is 2. The highest BCUT2D eigenvalue weighted by atomic mass is 16.3. The molecule has 0 saturated heterocycles. The van der Waals surface area contributed by atoms with E-state index in [1.807, 2.05) is 0 Å². The summed E-state index contributed by atoms with van der Waals surface area (Å²) in [4.78, 5) is 9.28. The van der Waals surface area contributed by atoms with Gasteiger partial charge in [-0.05, 0) is 25.7 Å². The number of aromatic nitrogens is 2. The minimum absolute atomic E-state index is 0.108. The summed E-state index contributed by atoms with van der Waals surface area (Å²) in [5.74, 6) is 1.18. The van der Waals surface area contributed by atoms with Crippen LogP contribution in [0.15, 0.2) is 6.20 Å². The van der Waals surface area contributed by atoms with Gasteiger partial charge in [0, 0.05) is 11.8 Å². The molecule has 2 aliphatic carbocycles. The smallest absolute Gasteiger partial charge is 0.230 e. The van der Waals surface area contributed by atoms with Gasteiger partial charge in [0.05, 0.1) is 17.6 Å². The summed E-state index contributed by atoms with van der Waals surface area (Å²) in [6, 6.07) is 0. The van der Waals surface area contributed by atoms with E-state index in [4.69, 9.17) is 4.98 Å². The Balaban J connectivity index is 1.83. The predicted octanol–water partition coefficient (Wildman–Crippen LogP) is 5.84. The standard InChI is InChI=1S/C20H32N2O/c23-18-15-21-19(16-11-7-3-1-4-8-12-16)20(22-18)17-13-9-5-2-6-10-14-17/h15-17H,1-14H2,(H,22,23). The molecule has 1 aromatic rings. The van der Waals surface area contributed by atoms with Crippen LogP contribution < -0.4 is 0 Å². The fraction of sp³-hybridized carbons (Fsp3) is 0.800. The van der Waals surface area contributed by atoms with Crippen LogP contribution in [-0.2, 0) is 0 Å². The zero-order chi connectivity index (χ0) is 15.9. The highest BCUT2D eigenvalue weighted by Gasteiger charge is 2.25. The van der Waals surface area contributed by atoms with Crippen LogP contribution in [0.25, 0.3) is 0 Å². The van der Waals surface area contributed by atoms with Crippen LogP contribution in [0.1, 0.15) is 113 Å². The van der Waals surface area contributed by atoms with Crippen molar-refractivity contribution in [3.8, 4) is 5.88 Å². The minimum Gasteiger partial charge on any atom is -0.492 e. The van der Waals surface area contributed by atoms with E-state index >= 15 is 0 Å². The summed E-state index contributed by atoms with van der Waals surface area (Å²) in [6.07, 6.45) is 19.9. The van der Waals surface area contributed by atoms with Crippen LogP contribution in [0.2, 0.25) is 0 Å². The van der Waals surface area contributed by atoms with Gasteiger partial charge in [0.1, 0.15) is 0 Å². The maximum absolute atomic E-state index is 9.92. The molecular weight excluding hydrogens is 284 g/mol. The average Bonchev–Trinajstić information content (AvgIpc) is 2.47. The van der Waals surface area contributed by atoms with Crippen LogP contribution in [0, 0.1) is 0 Å². The van der Waals surface area contributed by atoms with E-state index < -0.39 is 0 Å². The molecule has 1 aromatic heterocycles. The first-order chi connectivity index (χ1) is 11.3. The third kappa shape index (κ3) is 4.68. The third-order valence-electron chi connectivity index (χ3n) is 5.80. The lowest BCUT2D eigenvalue weighted by atomic mass is 9.82. The van der Waals surface area contributed by atoms with Gasteiger partial charge in [-0.3, -0.25) is 4.98 Å². The van der Waals surface area contributed by atoms with Gasteiger partial charge in [-0.1, -0.05) is 64.2 Å². The first-order valence-electron chi connectivity index (χ1n) is 9.90. The van der Waals surface area contributed by atoms with Crippen molar-refractivity contribution in [2.45, 2.75) is 102 Å². The van der Waals surface area contributed by atoms with Crippen LogP contribution in [-0.4, -0.2) is 15.1 Å². The Labute approximate surface area is 140 Å². The minimum atomic E-state index is 0.108. The molecule has 0 bridgehead atoms. The third-order valence-corrected chi connectivity index (χ3v) is 5.80. The summed E-state index contributed by atoms with van der Waals surface area (Å²) in [5, 5.41) is 9.92. The average molecular weight is 316 g/mol.